The molecule has 0 amide bonds. The largest absolute Gasteiger partial charge is 0.299 e. The molecule has 0 bridgehead atoms. The van der Waals surface area contributed by atoms with Crippen LogP contribution < -0.4 is 0 Å². The molecule has 0 rings (SSSR count). The lowest BCUT2D eigenvalue weighted by atomic mass is 9.88. The van der Waals surface area contributed by atoms with Crippen molar-refractivity contribution in [3.63, 3.8) is 0 Å². The topological polar surface area (TPSA) is 17.1 Å². The van der Waals surface area contributed by atoms with Gasteiger partial charge in [-0.1, -0.05) is 33.3 Å². The fourth-order valence-electron chi connectivity index (χ4n) is 1.13. The molecule has 0 spiro atoms. The van der Waals surface area contributed by atoms with Crippen molar-refractivity contribution in [2.45, 2.75) is 52.9 Å². The highest BCUT2D eigenvalue weighted by Crippen LogP contribution is 2.18. The molecule has 0 aliphatic carbocycles. The van der Waals surface area contributed by atoms with Gasteiger partial charge in [0.15, 0.2) is 0 Å². The van der Waals surface area contributed by atoms with Crippen LogP contribution in [0.4, 0.5) is 0 Å². The van der Waals surface area contributed by atoms with E-state index in [1.165, 1.54) is 6.42 Å². The summed E-state index contributed by atoms with van der Waals surface area (Å²) in [6, 6.07) is 0. The van der Waals surface area contributed by atoms with Crippen molar-refractivity contribution in [2.24, 2.45) is 5.41 Å². The van der Waals surface area contributed by atoms with Crippen LogP contribution in [0.3, 0.4) is 0 Å². The molecule has 0 saturated heterocycles. The minimum Gasteiger partial charge on any atom is -0.299 e. The van der Waals surface area contributed by atoms with Gasteiger partial charge >= 0.3 is 0 Å². The van der Waals surface area contributed by atoms with Gasteiger partial charge < -0.3 is 0 Å². The summed E-state index contributed by atoms with van der Waals surface area (Å²) < 4.78 is 0. The van der Waals surface area contributed by atoms with Crippen LogP contribution in [0.15, 0.2) is 12.7 Å². The number of Topliss-reactive ketones (excluding diaryl/α,β-unsaturated/α-hetero) is 1. The first-order valence-corrected chi connectivity index (χ1v) is 5.12. The first-order chi connectivity index (χ1) is 5.98. The Hall–Kier alpha value is -0.590. The van der Waals surface area contributed by atoms with Gasteiger partial charge in [0.2, 0.25) is 0 Å². The Morgan fingerprint density at radius 1 is 1.23 bits per heavy atom. The fraction of sp³-hybridized carbons (Fsp3) is 0.750. The molecule has 0 N–H and O–H groups in total. The second kappa shape index (κ2) is 5.95. The number of hydrogen-bond acceptors (Lipinski definition) is 1. The van der Waals surface area contributed by atoms with Crippen molar-refractivity contribution in [2.75, 3.05) is 0 Å². The quantitative estimate of drug-likeness (QED) is 0.452. The standard InChI is InChI=1S/C12H22O/c1-5-6-7-8-9-10-11(13)12(2,3)4/h5H,1,6-10H2,2-4H3. The lowest BCUT2D eigenvalue weighted by Crippen LogP contribution is -2.19. The molecule has 0 aliphatic heterocycles. The normalized spacial score (nSPS) is 11.3. The second-order valence-corrected chi connectivity index (χ2v) is 4.56. The third-order valence-corrected chi connectivity index (χ3v) is 2.15. The molecular weight excluding hydrogens is 160 g/mol. The summed E-state index contributed by atoms with van der Waals surface area (Å²) in [4.78, 5) is 11.5. The molecule has 0 radical (unpaired) electrons. The zero-order valence-corrected chi connectivity index (χ0v) is 9.23. The molecule has 1 heteroatoms. The van der Waals surface area contributed by atoms with Gasteiger partial charge in [-0.15, -0.1) is 6.58 Å². The molecule has 0 heterocycles. The Balaban J connectivity index is 3.43. The maximum atomic E-state index is 11.5. The summed E-state index contributed by atoms with van der Waals surface area (Å²) in [6.07, 6.45) is 7.09. The van der Waals surface area contributed by atoms with Crippen LogP contribution in [-0.4, -0.2) is 5.78 Å². The number of rotatable bonds is 6. The number of allylic oxidation sites excluding steroid dienone is 1. The van der Waals surface area contributed by atoms with E-state index in [-0.39, 0.29) is 5.41 Å². The Bertz CT molecular complexity index is 162. The maximum absolute atomic E-state index is 11.5. The lowest BCUT2D eigenvalue weighted by Gasteiger charge is -2.15. The molecule has 0 fully saturated rings. The molecule has 0 aromatic carbocycles. The maximum Gasteiger partial charge on any atom is 0.138 e. The van der Waals surface area contributed by atoms with E-state index in [4.69, 9.17) is 0 Å². The van der Waals surface area contributed by atoms with E-state index in [2.05, 4.69) is 6.58 Å². The van der Waals surface area contributed by atoms with Gasteiger partial charge in [0.1, 0.15) is 5.78 Å². The SMILES string of the molecule is C=CCCCCCC(=O)C(C)(C)C. The smallest absolute Gasteiger partial charge is 0.138 e. The summed E-state index contributed by atoms with van der Waals surface area (Å²) in [5.41, 5.74) is -0.154. The molecule has 1 nitrogen and oxygen atoms in total. The van der Waals surface area contributed by atoms with Gasteiger partial charge in [-0.05, 0) is 19.3 Å². The van der Waals surface area contributed by atoms with E-state index >= 15 is 0 Å². The lowest BCUT2D eigenvalue weighted by molar-refractivity contribution is -0.126. The van der Waals surface area contributed by atoms with Gasteiger partial charge in [0.25, 0.3) is 0 Å². The molecule has 0 atom stereocenters. The van der Waals surface area contributed by atoms with Gasteiger partial charge in [-0.25, -0.2) is 0 Å². The van der Waals surface area contributed by atoms with Crippen molar-refractivity contribution in [3.05, 3.63) is 12.7 Å². The summed E-state index contributed by atoms with van der Waals surface area (Å²) >= 11 is 0. The van der Waals surface area contributed by atoms with Crippen LogP contribution in [0.1, 0.15) is 52.9 Å². The first kappa shape index (κ1) is 12.4. The Kier molecular flexibility index (Phi) is 5.68. The van der Waals surface area contributed by atoms with Crippen molar-refractivity contribution >= 4 is 5.78 Å². The van der Waals surface area contributed by atoms with Crippen LogP contribution in [-0.2, 0) is 4.79 Å². The van der Waals surface area contributed by atoms with Crippen LogP contribution in [0, 0.1) is 5.41 Å². The van der Waals surface area contributed by atoms with E-state index in [1.807, 2.05) is 26.8 Å². The predicted octanol–water partition coefficient (Wildman–Crippen LogP) is 3.74. The number of ketones is 1. The molecule has 0 aromatic rings. The van der Waals surface area contributed by atoms with E-state index in [1.54, 1.807) is 0 Å². The first-order valence-electron chi connectivity index (χ1n) is 5.12. The summed E-state index contributed by atoms with van der Waals surface area (Å²) in [5, 5.41) is 0. The predicted molar refractivity (Wildman–Crippen MR) is 57.7 cm³/mol. The molecule has 76 valence electrons. The molecular formula is C12H22O. The van der Waals surface area contributed by atoms with E-state index in [0.29, 0.717) is 5.78 Å². The van der Waals surface area contributed by atoms with Gasteiger partial charge in [-0.2, -0.15) is 0 Å². The third-order valence-electron chi connectivity index (χ3n) is 2.15. The van der Waals surface area contributed by atoms with E-state index < -0.39 is 0 Å². The van der Waals surface area contributed by atoms with Gasteiger partial charge in [0.05, 0.1) is 0 Å². The highest BCUT2D eigenvalue weighted by atomic mass is 16.1. The average Bonchev–Trinajstić information content (AvgIpc) is 2.02. The summed E-state index contributed by atoms with van der Waals surface area (Å²) in [6.45, 7) is 9.62. The van der Waals surface area contributed by atoms with Gasteiger partial charge in [-0.3, -0.25) is 4.79 Å². The molecule has 0 aliphatic rings. The average molecular weight is 182 g/mol. The molecule has 13 heavy (non-hydrogen) atoms. The van der Waals surface area contributed by atoms with Crippen LogP contribution in [0.25, 0.3) is 0 Å². The minimum absolute atomic E-state index is 0.154. The molecule has 0 aromatic heterocycles. The Labute approximate surface area is 82.2 Å². The Morgan fingerprint density at radius 2 is 1.85 bits per heavy atom. The highest BCUT2D eigenvalue weighted by molar-refractivity contribution is 5.83. The van der Waals surface area contributed by atoms with Crippen LogP contribution in [0.2, 0.25) is 0 Å². The Morgan fingerprint density at radius 3 is 2.31 bits per heavy atom. The summed E-state index contributed by atoms with van der Waals surface area (Å²) in [5.74, 6) is 0.381. The van der Waals surface area contributed by atoms with Crippen molar-refractivity contribution in [3.8, 4) is 0 Å². The number of unbranched alkanes of at least 4 members (excludes halogenated alkanes) is 3. The van der Waals surface area contributed by atoms with Crippen molar-refractivity contribution in [1.82, 2.24) is 0 Å². The number of carbonyl (C=O) groups is 1. The molecule has 0 saturated carbocycles. The second-order valence-electron chi connectivity index (χ2n) is 4.56. The highest BCUT2D eigenvalue weighted by Gasteiger charge is 2.19. The van der Waals surface area contributed by atoms with E-state index in [0.717, 1.165) is 25.7 Å². The molecule has 0 unspecified atom stereocenters. The van der Waals surface area contributed by atoms with Crippen molar-refractivity contribution < 1.29 is 4.79 Å². The minimum atomic E-state index is -0.154. The number of hydrogen-bond donors (Lipinski definition) is 0. The zero-order chi connectivity index (χ0) is 10.3. The number of carbonyl (C=O) groups excluding carboxylic acids is 1. The fourth-order valence-corrected chi connectivity index (χ4v) is 1.13. The summed E-state index contributed by atoms with van der Waals surface area (Å²) in [7, 11) is 0. The van der Waals surface area contributed by atoms with Gasteiger partial charge in [0, 0.05) is 11.8 Å². The van der Waals surface area contributed by atoms with Crippen LogP contribution in [0.5, 0.6) is 0 Å². The zero-order valence-electron chi connectivity index (χ0n) is 9.23. The van der Waals surface area contributed by atoms with E-state index in [9.17, 15) is 4.79 Å². The monoisotopic (exact) mass is 182 g/mol. The van der Waals surface area contributed by atoms with Crippen molar-refractivity contribution in [1.29, 1.82) is 0 Å². The van der Waals surface area contributed by atoms with Crippen LogP contribution >= 0.6 is 0 Å². The third kappa shape index (κ3) is 6.56.